The minimum Gasteiger partial charge on any atom is -0.246 e. The third-order valence-corrected chi connectivity index (χ3v) is 12.3. The average Bonchev–Trinajstić information content (AvgIpc) is 0.741. The summed E-state index contributed by atoms with van der Waals surface area (Å²) in [6.07, 6.45) is -9.31. The van der Waals surface area contributed by atoms with Crippen molar-refractivity contribution in [1.29, 1.82) is 5.26 Å². The van der Waals surface area contributed by atoms with E-state index in [0.29, 0.717) is 0 Å². The van der Waals surface area contributed by atoms with E-state index in [-0.39, 0.29) is 0 Å². The van der Waals surface area contributed by atoms with Gasteiger partial charge in [0.25, 0.3) is 0 Å². The van der Waals surface area contributed by atoms with Crippen molar-refractivity contribution in [2.75, 3.05) is 0 Å². The number of alkyl halides is 6. The fourth-order valence-electron chi connectivity index (χ4n) is 7.12. The van der Waals surface area contributed by atoms with E-state index in [0.717, 1.165) is 6.07 Å². The van der Waals surface area contributed by atoms with E-state index in [2.05, 4.69) is 0 Å². The monoisotopic (exact) mass is 1720 g/mol. The van der Waals surface area contributed by atoms with Crippen LogP contribution in [0.1, 0.15) is 22.3 Å². The number of hydrogen-bond acceptors (Lipinski definition) is 1. The fourth-order valence-corrected chi connectivity index (χ4v) is 7.12. The summed E-state index contributed by atoms with van der Waals surface area (Å²) in [5.74, 6) is -119. The Morgan fingerprint density at radius 2 is 0.375 bits per heavy atom. The lowest BCUT2D eigenvalue weighted by atomic mass is 10.0. The number of hydrogen-bond donors (Lipinski definition) is 0. The summed E-state index contributed by atoms with van der Waals surface area (Å²) in [4.78, 5) is 0. The molecule has 9 aromatic rings. The second-order valence-corrected chi connectivity index (χ2v) is 18.8. The maximum Gasteiger partial charge on any atom is 0.422 e. The van der Waals surface area contributed by atoms with Crippen molar-refractivity contribution in [2.24, 2.45) is 0 Å². The smallest absolute Gasteiger partial charge is 0.246 e. The van der Waals surface area contributed by atoms with E-state index in [9.17, 15) is 233 Å². The summed E-state index contributed by atoms with van der Waals surface area (Å²) in [5, 5.41) is 4.39. The molecule has 0 atom stereocenters. The number of rotatable bonds is 4. The van der Waals surface area contributed by atoms with E-state index >= 15 is 0 Å². The number of nitriles is 1. The fraction of sp³-hybridized carbons (Fsp3) is 0.0517. The molecule has 0 radical (unpaired) electrons. The van der Waals surface area contributed by atoms with Crippen molar-refractivity contribution in [3.63, 3.8) is 0 Å². The van der Waals surface area contributed by atoms with Gasteiger partial charge >= 0.3 is 18.2 Å². The van der Waals surface area contributed by atoms with E-state index in [1.54, 1.807) is 0 Å². The number of allylic oxidation sites excluding steroid dienone is 1. The van der Waals surface area contributed by atoms with Gasteiger partial charge in [-0.2, -0.15) is 40.4 Å². The number of nitrogens with zero attached hydrogens (tertiary/aromatic N) is 1. The molecule has 0 N–H and O–H groups in total. The first-order chi connectivity index (χ1) is 51.1. The second kappa shape index (κ2) is 35.8. The van der Waals surface area contributed by atoms with E-state index in [1.807, 2.05) is 0 Å². The molecule has 0 aliphatic rings. The summed E-state index contributed by atoms with van der Waals surface area (Å²) in [6, 6.07) is 0.876. The lowest BCUT2D eigenvalue weighted by molar-refractivity contribution is -0.143. The maximum absolute atomic E-state index is 13.4. The lowest BCUT2D eigenvalue weighted by Crippen LogP contribution is -2.22. The van der Waals surface area contributed by atoms with Gasteiger partial charge in [-0.05, 0) is 0 Å². The molecular formula is C58H2F53N. The molecular weight excluding hydrogens is 1720 g/mol. The zero-order chi connectivity index (χ0) is 87.6. The zero-order valence-electron chi connectivity index (χ0n) is 49.7. The van der Waals surface area contributed by atoms with E-state index < -0.39 is 331 Å². The average molecular weight is 1720 g/mol. The minimum atomic E-state index is -5.71. The third kappa shape index (κ3) is 17.7. The van der Waals surface area contributed by atoms with Gasteiger partial charge in [0.15, 0.2) is 186 Å². The van der Waals surface area contributed by atoms with Crippen molar-refractivity contribution in [3.05, 3.63) is 290 Å². The Morgan fingerprint density at radius 3 is 0.554 bits per heavy atom. The molecule has 0 amide bonds. The molecule has 0 saturated carbocycles. The Bertz CT molecular complexity index is 4830. The number of fused-ring (bicyclic) bond motifs is 1. The Labute approximate surface area is 574 Å². The molecule has 0 fully saturated rings. The highest BCUT2D eigenvalue weighted by atomic mass is 19.4. The molecule has 54 heteroatoms. The third-order valence-electron chi connectivity index (χ3n) is 12.3. The maximum atomic E-state index is 13.4. The van der Waals surface area contributed by atoms with Crippen molar-refractivity contribution < 1.29 is 233 Å². The predicted molar refractivity (Wildman–Crippen MR) is 255 cm³/mol. The molecule has 1 nitrogen and oxygen atoms in total. The van der Waals surface area contributed by atoms with E-state index in [1.165, 1.54) is 0 Å². The second-order valence-electron chi connectivity index (χ2n) is 18.8. The first-order valence-corrected chi connectivity index (χ1v) is 25.4. The molecule has 0 aliphatic carbocycles. The van der Waals surface area contributed by atoms with Crippen LogP contribution in [0.4, 0.5) is 233 Å². The summed E-state index contributed by atoms with van der Waals surface area (Å²) in [5.41, 5.74) is -13.2. The van der Waals surface area contributed by atoms with Crippen molar-refractivity contribution >= 4 is 10.8 Å². The molecule has 610 valence electrons. The largest absolute Gasteiger partial charge is 0.422 e. The van der Waals surface area contributed by atoms with Gasteiger partial charge in [0, 0.05) is 0 Å². The molecule has 0 aliphatic heterocycles. The van der Waals surface area contributed by atoms with Crippen LogP contribution in [0.25, 0.3) is 21.9 Å². The molecule has 0 bridgehead atoms. The van der Waals surface area contributed by atoms with Crippen molar-refractivity contribution in [3.8, 4) is 17.2 Å². The van der Waals surface area contributed by atoms with Gasteiger partial charge in [0.2, 0.25) is 75.6 Å². The van der Waals surface area contributed by atoms with Crippen LogP contribution in [0.5, 0.6) is 0 Å². The molecule has 9 aromatic carbocycles. The Kier molecular flexibility index (Phi) is 30.4. The lowest BCUT2D eigenvalue weighted by Gasteiger charge is -2.16. The van der Waals surface area contributed by atoms with Gasteiger partial charge in [-0.3, -0.25) is 0 Å². The van der Waals surface area contributed by atoms with Gasteiger partial charge < -0.3 is 0 Å². The van der Waals surface area contributed by atoms with Crippen LogP contribution < -0.4 is 0 Å². The van der Waals surface area contributed by atoms with Gasteiger partial charge in [0.05, 0.1) is 27.5 Å². The number of halogens is 53. The Balaban J connectivity index is 0.000000342. The molecule has 9 rings (SSSR count). The normalized spacial score (nSPS) is 11.1. The van der Waals surface area contributed by atoms with Crippen LogP contribution in [0.15, 0.2) is 11.9 Å². The highest BCUT2D eigenvalue weighted by Gasteiger charge is 2.49. The van der Waals surface area contributed by atoms with Gasteiger partial charge in [-0.1, -0.05) is 0 Å². The highest BCUT2D eigenvalue weighted by Crippen LogP contribution is 2.44. The minimum absolute atomic E-state index is 0.876. The van der Waals surface area contributed by atoms with Gasteiger partial charge in [-0.25, -0.2) is 198 Å². The summed E-state index contributed by atoms with van der Waals surface area (Å²) < 4.78 is 665. The van der Waals surface area contributed by atoms with Crippen LogP contribution in [0.3, 0.4) is 0 Å². The van der Waals surface area contributed by atoms with Crippen LogP contribution in [0.2, 0.25) is 0 Å². The molecule has 0 heterocycles. The molecule has 112 heavy (non-hydrogen) atoms. The first kappa shape index (κ1) is 95.0. The van der Waals surface area contributed by atoms with Crippen LogP contribution in [-0.4, -0.2) is 0 Å². The van der Waals surface area contributed by atoms with Gasteiger partial charge in [-0.15, -0.1) is 0 Å². The zero-order valence-corrected chi connectivity index (χ0v) is 49.7. The Morgan fingerprint density at radius 1 is 0.214 bits per heavy atom. The number of benzene rings is 9. The van der Waals surface area contributed by atoms with Gasteiger partial charge in [0.1, 0.15) is 29.4 Å². The summed E-state index contributed by atoms with van der Waals surface area (Å²) >= 11 is 0. The molecule has 0 unspecified atom stereocenters. The van der Waals surface area contributed by atoms with Crippen LogP contribution >= 0.6 is 0 Å². The molecule has 0 spiro atoms. The van der Waals surface area contributed by atoms with E-state index in [4.69, 9.17) is 5.26 Å². The van der Waals surface area contributed by atoms with Crippen LogP contribution in [-0.2, 0) is 18.8 Å². The topological polar surface area (TPSA) is 23.8 Å². The molecule has 0 saturated heterocycles. The van der Waals surface area contributed by atoms with Crippen molar-refractivity contribution in [2.45, 2.75) is 18.8 Å². The SMILES string of the molecule is FC(F)=C(F)C(F)(F)c1c(F)c(F)c(F)c(F)c1F.FCc1c(F)c(F)c(F)c(F)c1F.Fc1c(F)c(F)c(-c2c(F)c(F)c(F)c(F)c2F)c(F)c1F.Fc1c(F)c(F)c(C(F)(F)F)c(F)c1F.Fc1c(F)c(F)c(F)c(F)c1F.Fc1c(F)c(F)c2c(F)c(F)c(F)c(F)c2c1F.N#Cc1c(F)c(F)c(F)c(F)c1F. The van der Waals surface area contributed by atoms with Crippen LogP contribution in [0, 0.1) is 267 Å². The Hall–Kier alpha value is -11.2. The summed E-state index contributed by atoms with van der Waals surface area (Å²) in [6.45, 7) is -1.74. The highest BCUT2D eigenvalue weighted by molar-refractivity contribution is 5.85. The molecule has 0 aromatic heterocycles. The standard InChI is InChI=1S/C12F10.C10F8.C9F10.C7F8.C7H2F6.C7F5N.C6F6/c13-3-1(4(14)8(18)11(21)7(3)17)2-5(15)9(19)12(22)10(20)6(2)16;11-3-1-2(5(13)9(17)7(3)15)6(14)10(18)8(16)4(1)12;10-2-1(9(18,19)7(15)8(16)17)3(11)5(13)6(14)4(2)12;8-2-1(7(13,14)15)3(9)5(11)6(12)4(2)10;8-1-2-3(9)5(11)7(13)6(12)4(2)10;8-3-2(1-13)4(9)6(11)7(12)5(3)10;7-1-2(8)4(10)6(12)5(11)3(1)9/h;;;;1H2;;. The first-order valence-electron chi connectivity index (χ1n) is 25.4. The quantitative estimate of drug-likeness (QED) is 0.0979. The predicted octanol–water partition coefficient (Wildman–Crippen LogP) is 24.3. The van der Waals surface area contributed by atoms with Crippen molar-refractivity contribution in [1.82, 2.24) is 0 Å². The summed E-state index contributed by atoms with van der Waals surface area (Å²) in [7, 11) is 0.